The number of ether oxygens (including phenoxy) is 1. The van der Waals surface area contributed by atoms with E-state index in [4.69, 9.17) is 4.74 Å². The van der Waals surface area contributed by atoms with Crippen LogP contribution >= 0.6 is 0 Å². The molecular formula is C21H19N3O6. The van der Waals surface area contributed by atoms with Gasteiger partial charge in [-0.05, 0) is 36.6 Å². The summed E-state index contributed by atoms with van der Waals surface area (Å²) in [6, 6.07) is 12.5. The summed E-state index contributed by atoms with van der Waals surface area (Å²) in [6.45, 7) is -0.545. The van der Waals surface area contributed by atoms with Gasteiger partial charge in [0.05, 0.1) is 16.2 Å². The van der Waals surface area contributed by atoms with Gasteiger partial charge in [0, 0.05) is 24.3 Å². The van der Waals surface area contributed by atoms with Crippen molar-refractivity contribution in [3.63, 3.8) is 0 Å². The fourth-order valence-corrected chi connectivity index (χ4v) is 2.56. The molecule has 0 bridgehead atoms. The van der Waals surface area contributed by atoms with Crippen LogP contribution in [0.25, 0.3) is 6.08 Å². The Hall–Kier alpha value is -4.01. The van der Waals surface area contributed by atoms with Crippen molar-refractivity contribution in [2.24, 2.45) is 0 Å². The Morgan fingerprint density at radius 2 is 1.90 bits per heavy atom. The van der Waals surface area contributed by atoms with Gasteiger partial charge < -0.3 is 15.4 Å². The van der Waals surface area contributed by atoms with Crippen LogP contribution in [-0.4, -0.2) is 35.4 Å². The fourth-order valence-electron chi connectivity index (χ4n) is 2.56. The molecule has 0 aliphatic heterocycles. The number of non-ortho nitro benzene ring substituents is 1. The maximum atomic E-state index is 12.3. The first-order valence-electron chi connectivity index (χ1n) is 9.21. The van der Waals surface area contributed by atoms with Crippen molar-refractivity contribution in [1.82, 2.24) is 5.32 Å². The van der Waals surface area contributed by atoms with E-state index in [2.05, 4.69) is 10.6 Å². The first-order valence-corrected chi connectivity index (χ1v) is 9.21. The summed E-state index contributed by atoms with van der Waals surface area (Å²) in [5.74, 6) is -1.65. The monoisotopic (exact) mass is 409 g/mol. The van der Waals surface area contributed by atoms with Crippen molar-refractivity contribution in [2.75, 3.05) is 11.9 Å². The third-order valence-electron chi connectivity index (χ3n) is 4.20. The highest BCUT2D eigenvalue weighted by Gasteiger charge is 2.25. The molecule has 3 rings (SSSR count). The molecule has 0 heterocycles. The van der Waals surface area contributed by atoms with Gasteiger partial charge in [-0.25, -0.2) is 4.79 Å². The molecule has 9 heteroatoms. The maximum absolute atomic E-state index is 12.3. The van der Waals surface area contributed by atoms with E-state index in [-0.39, 0.29) is 17.6 Å². The van der Waals surface area contributed by atoms with E-state index in [1.807, 2.05) is 0 Å². The second-order valence-corrected chi connectivity index (χ2v) is 6.63. The number of nitrogens with one attached hydrogen (secondary N) is 2. The fraction of sp³-hybridized carbons (Fsp3) is 0.190. The zero-order chi connectivity index (χ0) is 21.5. The van der Waals surface area contributed by atoms with Gasteiger partial charge >= 0.3 is 5.97 Å². The number of rotatable bonds is 8. The summed E-state index contributed by atoms with van der Waals surface area (Å²) >= 11 is 0. The normalized spacial score (nSPS) is 12.9. The van der Waals surface area contributed by atoms with Crippen LogP contribution in [0.5, 0.6) is 0 Å². The molecular weight excluding hydrogens is 390 g/mol. The Morgan fingerprint density at radius 3 is 2.63 bits per heavy atom. The molecule has 1 saturated carbocycles. The molecule has 0 spiro atoms. The first kappa shape index (κ1) is 20.7. The summed E-state index contributed by atoms with van der Waals surface area (Å²) in [5, 5.41) is 16.2. The van der Waals surface area contributed by atoms with Crippen LogP contribution in [0, 0.1) is 10.1 Å². The molecule has 1 fully saturated rings. The second kappa shape index (κ2) is 9.46. The Kier molecular flexibility index (Phi) is 6.53. The van der Waals surface area contributed by atoms with E-state index >= 15 is 0 Å². The van der Waals surface area contributed by atoms with E-state index in [9.17, 15) is 24.5 Å². The minimum absolute atomic E-state index is 0.103. The molecule has 9 nitrogen and oxygen atoms in total. The molecule has 0 saturated heterocycles. The van der Waals surface area contributed by atoms with Gasteiger partial charge in [0.15, 0.2) is 6.61 Å². The third-order valence-corrected chi connectivity index (χ3v) is 4.20. The number of nitro groups is 1. The average molecular weight is 409 g/mol. The predicted octanol–water partition coefficient (Wildman–Crippen LogP) is 2.68. The molecule has 2 amide bonds. The molecule has 0 radical (unpaired) electrons. The smallest absolute Gasteiger partial charge is 0.331 e. The van der Waals surface area contributed by atoms with Crippen molar-refractivity contribution < 1.29 is 24.0 Å². The zero-order valence-corrected chi connectivity index (χ0v) is 15.9. The summed E-state index contributed by atoms with van der Waals surface area (Å²) in [7, 11) is 0. The lowest BCUT2D eigenvalue weighted by Gasteiger charge is -2.11. The molecule has 154 valence electrons. The van der Waals surface area contributed by atoms with Crippen LogP contribution in [0.3, 0.4) is 0 Å². The van der Waals surface area contributed by atoms with E-state index in [1.54, 1.807) is 30.3 Å². The van der Waals surface area contributed by atoms with Crippen molar-refractivity contribution >= 4 is 35.2 Å². The van der Waals surface area contributed by atoms with Crippen LogP contribution in [-0.2, 0) is 14.3 Å². The molecule has 2 aromatic carbocycles. The van der Waals surface area contributed by atoms with Gasteiger partial charge in [-0.15, -0.1) is 0 Å². The van der Waals surface area contributed by atoms with Crippen LogP contribution in [0.1, 0.15) is 28.8 Å². The topological polar surface area (TPSA) is 128 Å². The average Bonchev–Trinajstić information content (AvgIpc) is 3.55. The molecule has 0 unspecified atom stereocenters. The number of carbonyl (C=O) groups excluding carboxylic acids is 3. The van der Waals surface area contributed by atoms with Crippen LogP contribution < -0.4 is 10.6 Å². The third kappa shape index (κ3) is 5.99. The minimum Gasteiger partial charge on any atom is -0.452 e. The molecule has 1 aliphatic rings. The number of carbonyl (C=O) groups is 3. The minimum atomic E-state index is -0.781. The highest BCUT2D eigenvalue weighted by molar-refractivity contribution is 6.04. The Balaban J connectivity index is 1.52. The molecule has 0 aromatic heterocycles. The van der Waals surface area contributed by atoms with Crippen LogP contribution in [0.4, 0.5) is 11.4 Å². The summed E-state index contributed by atoms with van der Waals surface area (Å²) < 4.78 is 4.88. The van der Waals surface area contributed by atoms with Crippen molar-refractivity contribution in [3.8, 4) is 0 Å². The van der Waals surface area contributed by atoms with E-state index < -0.39 is 23.4 Å². The van der Waals surface area contributed by atoms with Gasteiger partial charge in [0.2, 0.25) is 0 Å². The zero-order valence-electron chi connectivity index (χ0n) is 15.9. The lowest BCUT2D eigenvalue weighted by atomic mass is 10.1. The number of esters is 1. The Labute approximate surface area is 171 Å². The lowest BCUT2D eigenvalue weighted by Crippen LogP contribution is -2.27. The number of amides is 2. The van der Waals surface area contributed by atoms with Gasteiger partial charge in [0.1, 0.15) is 0 Å². The highest BCUT2D eigenvalue weighted by atomic mass is 16.6. The highest BCUT2D eigenvalue weighted by Crippen LogP contribution is 2.21. The first-order chi connectivity index (χ1) is 14.4. The van der Waals surface area contributed by atoms with Crippen molar-refractivity contribution in [2.45, 2.75) is 18.9 Å². The van der Waals surface area contributed by atoms with Crippen molar-refractivity contribution in [1.29, 1.82) is 0 Å². The van der Waals surface area contributed by atoms with Gasteiger partial charge in [-0.2, -0.15) is 0 Å². The van der Waals surface area contributed by atoms with Crippen LogP contribution in [0.15, 0.2) is 54.6 Å². The lowest BCUT2D eigenvalue weighted by molar-refractivity contribution is -0.384. The Bertz CT molecular complexity index is 1010. The summed E-state index contributed by atoms with van der Waals surface area (Å²) in [6.07, 6.45) is 4.31. The number of hydrogen-bond donors (Lipinski definition) is 2. The molecule has 2 aromatic rings. The molecule has 2 N–H and O–H groups in total. The SMILES string of the molecule is O=C(COC(=O)/C=C/c1cccc([N+](=O)[O-])c1)Nc1ccccc1C(=O)NC1CC1. The van der Waals surface area contributed by atoms with Gasteiger partial charge in [-0.1, -0.05) is 24.3 Å². The number of para-hydroxylation sites is 1. The van der Waals surface area contributed by atoms with Crippen molar-refractivity contribution in [3.05, 3.63) is 75.8 Å². The number of anilines is 1. The quantitative estimate of drug-likeness (QED) is 0.299. The largest absolute Gasteiger partial charge is 0.452 e. The predicted molar refractivity (Wildman–Crippen MR) is 109 cm³/mol. The van der Waals surface area contributed by atoms with E-state index in [0.29, 0.717) is 16.8 Å². The second-order valence-electron chi connectivity index (χ2n) is 6.63. The number of nitro benzene ring substituents is 1. The summed E-state index contributed by atoms with van der Waals surface area (Å²) in [5.41, 5.74) is 0.994. The molecule has 30 heavy (non-hydrogen) atoms. The molecule has 1 aliphatic carbocycles. The molecule has 0 atom stereocenters. The number of nitrogens with zero attached hydrogens (tertiary/aromatic N) is 1. The van der Waals surface area contributed by atoms with Gasteiger partial charge in [0.25, 0.3) is 17.5 Å². The maximum Gasteiger partial charge on any atom is 0.331 e. The Morgan fingerprint density at radius 1 is 1.13 bits per heavy atom. The number of benzene rings is 2. The summed E-state index contributed by atoms with van der Waals surface area (Å²) in [4.78, 5) is 46.4. The van der Waals surface area contributed by atoms with E-state index in [0.717, 1.165) is 18.9 Å². The van der Waals surface area contributed by atoms with E-state index in [1.165, 1.54) is 24.3 Å². The standard InChI is InChI=1S/C21H19N3O6/c25-19(23-18-7-2-1-6-17(18)21(27)22-15-9-10-15)13-30-20(26)11-8-14-4-3-5-16(12-14)24(28)29/h1-8,11-12,15H,9-10,13H2,(H,22,27)(H,23,25)/b11-8+. The van der Waals surface area contributed by atoms with Gasteiger partial charge in [-0.3, -0.25) is 19.7 Å². The van der Waals surface area contributed by atoms with Crippen LogP contribution in [0.2, 0.25) is 0 Å². The number of hydrogen-bond acceptors (Lipinski definition) is 6.